The summed E-state index contributed by atoms with van der Waals surface area (Å²) >= 11 is 0. The van der Waals surface area contributed by atoms with Crippen molar-refractivity contribution in [1.82, 2.24) is 0 Å². The molecule has 103 valence electrons. The molecule has 0 aliphatic carbocycles. The molecule has 1 nitrogen and oxygen atoms in total. The van der Waals surface area contributed by atoms with Crippen molar-refractivity contribution in [2.24, 2.45) is 0 Å². The van der Waals surface area contributed by atoms with Gasteiger partial charge in [-0.2, -0.15) is 0 Å². The second kappa shape index (κ2) is 12.6. The van der Waals surface area contributed by atoms with Gasteiger partial charge in [-0.1, -0.05) is 65.2 Å². The molecule has 0 aliphatic heterocycles. The first-order valence-corrected chi connectivity index (χ1v) is 10.1. The fraction of sp³-hybridized carbons (Fsp3) is 1.00. The van der Waals surface area contributed by atoms with Crippen molar-refractivity contribution in [3.05, 3.63) is 0 Å². The first kappa shape index (κ1) is 17.2. The van der Waals surface area contributed by atoms with Gasteiger partial charge in [-0.15, -0.1) is 0 Å². The molecule has 2 heteroatoms. The summed E-state index contributed by atoms with van der Waals surface area (Å²) in [6.07, 6.45) is 14.1. The highest BCUT2D eigenvalue weighted by molar-refractivity contribution is 6.48. The van der Waals surface area contributed by atoms with E-state index in [1.54, 1.807) is 0 Å². The maximum absolute atomic E-state index is 6.11. The molecule has 0 spiro atoms. The van der Waals surface area contributed by atoms with Crippen LogP contribution in [0, 0.1) is 0 Å². The molecule has 17 heavy (non-hydrogen) atoms. The second-order valence-electron chi connectivity index (χ2n) is 5.35. The monoisotopic (exact) mass is 257 g/mol. The summed E-state index contributed by atoms with van der Waals surface area (Å²) in [6, 6.07) is 0. The minimum absolute atomic E-state index is 0.517. The van der Waals surface area contributed by atoms with Crippen LogP contribution in [0.4, 0.5) is 0 Å². The minimum Gasteiger partial charge on any atom is -0.414 e. The summed E-state index contributed by atoms with van der Waals surface area (Å²) in [5.74, 6) is 0. The Morgan fingerprint density at radius 1 is 0.765 bits per heavy atom. The average Bonchev–Trinajstić information content (AvgIpc) is 2.29. The van der Waals surface area contributed by atoms with Crippen molar-refractivity contribution in [3.63, 3.8) is 0 Å². The number of unbranched alkanes of at least 4 members (excludes halogenated alkanes) is 6. The maximum atomic E-state index is 6.11. The Morgan fingerprint density at radius 2 is 1.24 bits per heavy atom. The van der Waals surface area contributed by atoms with Crippen molar-refractivity contribution < 1.29 is 4.43 Å². The van der Waals surface area contributed by atoms with Gasteiger partial charge in [0.15, 0.2) is 0 Å². The highest BCUT2D eigenvalue weighted by Gasteiger charge is 2.11. The van der Waals surface area contributed by atoms with Crippen molar-refractivity contribution in [1.29, 1.82) is 0 Å². The van der Waals surface area contributed by atoms with Crippen molar-refractivity contribution >= 4 is 9.04 Å². The molecule has 0 aromatic rings. The van der Waals surface area contributed by atoms with Gasteiger partial charge in [-0.05, 0) is 25.9 Å². The lowest BCUT2D eigenvalue weighted by molar-refractivity contribution is 0.175. The Labute approximate surface area is 111 Å². The van der Waals surface area contributed by atoms with Gasteiger partial charge in [-0.3, -0.25) is 0 Å². The van der Waals surface area contributed by atoms with Crippen LogP contribution in [0.25, 0.3) is 0 Å². The molecule has 0 rings (SSSR count). The van der Waals surface area contributed by atoms with Crippen molar-refractivity contribution in [2.75, 3.05) is 0 Å². The van der Waals surface area contributed by atoms with E-state index in [0.29, 0.717) is 6.10 Å². The summed E-state index contributed by atoms with van der Waals surface area (Å²) in [6.45, 7) is 9.07. The van der Waals surface area contributed by atoms with E-state index in [1.807, 2.05) is 0 Å². The maximum Gasteiger partial charge on any atom is 0.205 e. The third-order valence-electron chi connectivity index (χ3n) is 3.16. The first-order valence-electron chi connectivity index (χ1n) is 7.67. The molecule has 0 aromatic carbocycles. The molecule has 0 fully saturated rings. The van der Waals surface area contributed by atoms with E-state index < -0.39 is 9.04 Å². The predicted molar refractivity (Wildman–Crippen MR) is 79.9 cm³/mol. The summed E-state index contributed by atoms with van der Waals surface area (Å²) < 4.78 is 6.11. The fourth-order valence-electron chi connectivity index (χ4n) is 2.19. The molecule has 0 unspecified atom stereocenters. The zero-order valence-electron chi connectivity index (χ0n) is 12.6. The molecule has 0 amide bonds. The largest absolute Gasteiger partial charge is 0.414 e. The van der Waals surface area contributed by atoms with Crippen LogP contribution < -0.4 is 0 Å². The van der Waals surface area contributed by atoms with Crippen molar-refractivity contribution in [2.45, 2.75) is 97.3 Å². The standard InChI is InChI=1S/C15H33OSi/c1-5-7-9-11-13-15(16-17(3)4)14-12-10-8-6-2/h15H,5-14H2,1-4H3. The first-order chi connectivity index (χ1) is 8.20. The van der Waals surface area contributed by atoms with E-state index in [4.69, 9.17) is 4.43 Å². The average molecular weight is 258 g/mol. The fourth-order valence-corrected chi connectivity index (χ4v) is 3.10. The Bertz CT molecular complexity index is 136. The van der Waals surface area contributed by atoms with Gasteiger partial charge in [0, 0.05) is 6.10 Å². The van der Waals surface area contributed by atoms with Crippen LogP contribution in [0.15, 0.2) is 0 Å². The molecule has 0 aliphatic rings. The summed E-state index contributed by atoms with van der Waals surface area (Å²) in [5.41, 5.74) is 0. The minimum atomic E-state index is -0.517. The summed E-state index contributed by atoms with van der Waals surface area (Å²) in [4.78, 5) is 0. The van der Waals surface area contributed by atoms with Crippen LogP contribution in [0.5, 0.6) is 0 Å². The Kier molecular flexibility index (Phi) is 12.8. The number of rotatable bonds is 12. The van der Waals surface area contributed by atoms with Gasteiger partial charge >= 0.3 is 0 Å². The van der Waals surface area contributed by atoms with Crippen LogP contribution in [-0.2, 0) is 4.43 Å². The van der Waals surface area contributed by atoms with Crippen molar-refractivity contribution in [3.8, 4) is 0 Å². The lowest BCUT2D eigenvalue weighted by Gasteiger charge is -2.20. The molecular formula is C15H33OSi. The van der Waals surface area contributed by atoms with E-state index in [-0.39, 0.29) is 0 Å². The lowest BCUT2D eigenvalue weighted by atomic mass is 10.0. The molecule has 0 aromatic heterocycles. The van der Waals surface area contributed by atoms with Crippen LogP contribution in [-0.4, -0.2) is 15.1 Å². The summed E-state index contributed by atoms with van der Waals surface area (Å²) in [5, 5.41) is 0. The molecule has 1 radical (unpaired) electrons. The van der Waals surface area contributed by atoms with Crippen LogP contribution in [0.2, 0.25) is 13.1 Å². The Hall–Kier alpha value is 0.177. The van der Waals surface area contributed by atoms with Gasteiger partial charge in [0.1, 0.15) is 0 Å². The SMILES string of the molecule is CCCCCCC(CCCCCC)O[Si](C)C. The summed E-state index contributed by atoms with van der Waals surface area (Å²) in [7, 11) is -0.517. The van der Waals surface area contributed by atoms with Gasteiger partial charge in [-0.25, -0.2) is 0 Å². The van der Waals surface area contributed by atoms with Crippen LogP contribution in [0.1, 0.15) is 78.1 Å². The zero-order chi connectivity index (χ0) is 12.9. The van der Waals surface area contributed by atoms with E-state index >= 15 is 0 Å². The normalized spacial score (nSPS) is 11.6. The predicted octanol–water partition coefficient (Wildman–Crippen LogP) is 5.56. The van der Waals surface area contributed by atoms with Gasteiger partial charge in [0.2, 0.25) is 9.04 Å². The quantitative estimate of drug-likeness (QED) is 0.328. The topological polar surface area (TPSA) is 9.23 Å². The highest BCUT2D eigenvalue weighted by atomic mass is 28.3. The second-order valence-corrected chi connectivity index (χ2v) is 7.40. The van der Waals surface area contributed by atoms with Crippen LogP contribution >= 0.6 is 0 Å². The molecule has 0 heterocycles. The smallest absolute Gasteiger partial charge is 0.205 e. The molecule has 0 atom stereocenters. The third-order valence-corrected chi connectivity index (χ3v) is 3.97. The van der Waals surface area contributed by atoms with Gasteiger partial charge in [0.25, 0.3) is 0 Å². The van der Waals surface area contributed by atoms with Gasteiger partial charge < -0.3 is 4.43 Å². The molecular weight excluding hydrogens is 224 g/mol. The van der Waals surface area contributed by atoms with Gasteiger partial charge in [0.05, 0.1) is 0 Å². The molecule has 0 saturated heterocycles. The zero-order valence-corrected chi connectivity index (χ0v) is 13.6. The molecule has 0 bridgehead atoms. The highest BCUT2D eigenvalue weighted by Crippen LogP contribution is 2.16. The van der Waals surface area contributed by atoms with Crippen LogP contribution in [0.3, 0.4) is 0 Å². The Balaban J connectivity index is 3.64. The molecule has 0 saturated carbocycles. The number of hydrogen-bond donors (Lipinski definition) is 0. The van der Waals surface area contributed by atoms with E-state index in [2.05, 4.69) is 26.9 Å². The number of hydrogen-bond acceptors (Lipinski definition) is 1. The van der Waals surface area contributed by atoms with E-state index in [1.165, 1.54) is 64.2 Å². The van der Waals surface area contributed by atoms with E-state index in [9.17, 15) is 0 Å². The lowest BCUT2D eigenvalue weighted by Crippen LogP contribution is -2.20. The Morgan fingerprint density at radius 3 is 1.59 bits per heavy atom. The third kappa shape index (κ3) is 12.4. The molecule has 0 N–H and O–H groups in total. The van der Waals surface area contributed by atoms with E-state index in [0.717, 1.165) is 0 Å².